The molecule has 0 atom stereocenters. The molecular formula is C13H19Br2N. The fourth-order valence-electron chi connectivity index (χ4n) is 1.52. The first-order valence-electron chi connectivity index (χ1n) is 5.40. The highest BCUT2D eigenvalue weighted by atomic mass is 79.9. The van der Waals surface area contributed by atoms with E-state index in [1.165, 1.54) is 0 Å². The van der Waals surface area contributed by atoms with Crippen molar-refractivity contribution in [3.63, 3.8) is 0 Å². The maximum Gasteiger partial charge on any atom is 0.0603 e. The zero-order valence-corrected chi connectivity index (χ0v) is 14.0. The lowest BCUT2D eigenvalue weighted by Gasteiger charge is -2.25. The van der Waals surface area contributed by atoms with E-state index < -0.39 is 0 Å². The lowest BCUT2D eigenvalue weighted by atomic mass is 9.88. The van der Waals surface area contributed by atoms with Crippen molar-refractivity contribution in [2.45, 2.75) is 52.4 Å². The zero-order valence-electron chi connectivity index (χ0n) is 10.8. The van der Waals surface area contributed by atoms with Crippen LogP contribution in [0.5, 0.6) is 0 Å². The molecule has 16 heavy (non-hydrogen) atoms. The summed E-state index contributed by atoms with van der Waals surface area (Å²) in [6.07, 6.45) is 0. The highest BCUT2D eigenvalue weighted by Crippen LogP contribution is 2.35. The van der Waals surface area contributed by atoms with Crippen LogP contribution in [0.2, 0.25) is 0 Å². The van der Waals surface area contributed by atoms with Crippen LogP contribution in [0.3, 0.4) is 0 Å². The van der Waals surface area contributed by atoms with Crippen molar-refractivity contribution in [3.8, 4) is 0 Å². The molecule has 0 N–H and O–H groups in total. The molecule has 0 saturated carbocycles. The van der Waals surface area contributed by atoms with Gasteiger partial charge in [0.05, 0.1) is 11.4 Å². The van der Waals surface area contributed by atoms with Crippen LogP contribution < -0.4 is 0 Å². The predicted octanol–water partition coefficient (Wildman–Crippen LogP) is 5.20. The van der Waals surface area contributed by atoms with Gasteiger partial charge in [-0.1, -0.05) is 41.5 Å². The molecule has 0 unspecified atom stereocenters. The molecule has 0 aliphatic heterocycles. The zero-order chi connectivity index (χ0) is 12.7. The standard InChI is InChI=1S/C13H19Br2N/c1-12(2,3)10-8(14)7-9(15)11(16-10)13(4,5)6/h7H,1-6H3. The maximum absolute atomic E-state index is 4.82. The van der Waals surface area contributed by atoms with E-state index in [0.717, 1.165) is 20.3 Å². The lowest BCUT2D eigenvalue weighted by Crippen LogP contribution is -2.21. The number of halogens is 2. The van der Waals surface area contributed by atoms with Gasteiger partial charge in [-0.15, -0.1) is 0 Å². The fourth-order valence-corrected chi connectivity index (χ4v) is 3.65. The van der Waals surface area contributed by atoms with E-state index in [1.54, 1.807) is 0 Å². The van der Waals surface area contributed by atoms with Gasteiger partial charge >= 0.3 is 0 Å². The van der Waals surface area contributed by atoms with Gasteiger partial charge in [0.1, 0.15) is 0 Å². The van der Waals surface area contributed by atoms with Crippen LogP contribution in [-0.2, 0) is 10.8 Å². The van der Waals surface area contributed by atoms with Gasteiger partial charge in [0.25, 0.3) is 0 Å². The third-order valence-corrected chi connectivity index (χ3v) is 3.56. The first-order valence-corrected chi connectivity index (χ1v) is 6.99. The van der Waals surface area contributed by atoms with Crippen LogP contribution >= 0.6 is 31.9 Å². The Morgan fingerprint density at radius 2 is 1.12 bits per heavy atom. The molecule has 0 aliphatic carbocycles. The summed E-state index contributed by atoms with van der Waals surface area (Å²) < 4.78 is 2.14. The van der Waals surface area contributed by atoms with Crippen molar-refractivity contribution in [1.82, 2.24) is 4.98 Å². The summed E-state index contributed by atoms with van der Waals surface area (Å²) >= 11 is 7.18. The summed E-state index contributed by atoms with van der Waals surface area (Å²) in [5.41, 5.74) is 2.33. The number of nitrogens with zero attached hydrogens (tertiary/aromatic N) is 1. The number of hydrogen-bond acceptors (Lipinski definition) is 1. The predicted molar refractivity (Wildman–Crippen MR) is 77.0 cm³/mol. The van der Waals surface area contributed by atoms with E-state index in [4.69, 9.17) is 4.98 Å². The van der Waals surface area contributed by atoms with E-state index >= 15 is 0 Å². The summed E-state index contributed by atoms with van der Waals surface area (Å²) in [7, 11) is 0. The average molecular weight is 349 g/mol. The molecule has 0 aromatic carbocycles. The molecule has 3 heteroatoms. The maximum atomic E-state index is 4.82. The number of aromatic nitrogens is 1. The summed E-state index contributed by atoms with van der Waals surface area (Å²) in [5.74, 6) is 0. The second-order valence-corrected chi connectivity index (χ2v) is 7.86. The monoisotopic (exact) mass is 347 g/mol. The molecule has 0 fully saturated rings. The normalized spacial score (nSPS) is 13.0. The number of rotatable bonds is 0. The topological polar surface area (TPSA) is 12.9 Å². The van der Waals surface area contributed by atoms with Crippen molar-refractivity contribution in [2.75, 3.05) is 0 Å². The summed E-state index contributed by atoms with van der Waals surface area (Å²) in [5, 5.41) is 0. The van der Waals surface area contributed by atoms with E-state index in [-0.39, 0.29) is 10.8 Å². The Kier molecular flexibility index (Phi) is 3.91. The third-order valence-electron chi connectivity index (χ3n) is 2.35. The molecule has 90 valence electrons. The molecular weight excluding hydrogens is 330 g/mol. The van der Waals surface area contributed by atoms with Crippen molar-refractivity contribution in [1.29, 1.82) is 0 Å². The Bertz CT molecular complexity index is 362. The van der Waals surface area contributed by atoms with Gasteiger partial charge in [0.2, 0.25) is 0 Å². The van der Waals surface area contributed by atoms with Crippen molar-refractivity contribution >= 4 is 31.9 Å². The van der Waals surface area contributed by atoms with Gasteiger partial charge < -0.3 is 0 Å². The average Bonchev–Trinajstić information content (AvgIpc) is 1.97. The molecule has 0 aliphatic rings. The van der Waals surface area contributed by atoms with Crippen molar-refractivity contribution in [3.05, 3.63) is 26.4 Å². The van der Waals surface area contributed by atoms with E-state index in [2.05, 4.69) is 79.5 Å². The summed E-state index contributed by atoms with van der Waals surface area (Å²) in [6.45, 7) is 13.1. The molecule has 1 nitrogen and oxygen atoms in total. The molecule has 0 bridgehead atoms. The van der Waals surface area contributed by atoms with Crippen LogP contribution in [0.25, 0.3) is 0 Å². The smallest absolute Gasteiger partial charge is 0.0603 e. The molecule has 1 aromatic heterocycles. The van der Waals surface area contributed by atoms with Gasteiger partial charge in [-0.3, -0.25) is 4.98 Å². The van der Waals surface area contributed by atoms with Crippen molar-refractivity contribution < 1.29 is 0 Å². The minimum Gasteiger partial charge on any atom is -0.254 e. The van der Waals surface area contributed by atoms with E-state index in [0.29, 0.717) is 0 Å². The Morgan fingerprint density at radius 1 is 0.812 bits per heavy atom. The van der Waals surface area contributed by atoms with Gasteiger partial charge in [-0.2, -0.15) is 0 Å². The Balaban J connectivity index is 3.45. The Labute approximate surface area is 115 Å². The molecule has 0 spiro atoms. The van der Waals surface area contributed by atoms with Crippen molar-refractivity contribution in [2.24, 2.45) is 0 Å². The summed E-state index contributed by atoms with van der Waals surface area (Å²) in [6, 6.07) is 2.11. The van der Waals surface area contributed by atoms with Gasteiger partial charge in [-0.05, 0) is 37.9 Å². The highest BCUT2D eigenvalue weighted by molar-refractivity contribution is 9.11. The Hall–Kier alpha value is 0.110. The highest BCUT2D eigenvalue weighted by Gasteiger charge is 2.25. The third kappa shape index (κ3) is 3.07. The molecule has 1 aromatic rings. The quantitative estimate of drug-likeness (QED) is 0.627. The van der Waals surface area contributed by atoms with Crippen LogP contribution in [-0.4, -0.2) is 4.98 Å². The largest absolute Gasteiger partial charge is 0.254 e. The minimum absolute atomic E-state index is 0.0551. The van der Waals surface area contributed by atoms with Crippen LogP contribution in [0.15, 0.2) is 15.0 Å². The Morgan fingerprint density at radius 3 is 1.38 bits per heavy atom. The van der Waals surface area contributed by atoms with Crippen LogP contribution in [0.1, 0.15) is 52.9 Å². The second-order valence-electron chi connectivity index (χ2n) is 6.15. The van der Waals surface area contributed by atoms with E-state index in [9.17, 15) is 0 Å². The van der Waals surface area contributed by atoms with Gasteiger partial charge in [-0.25, -0.2) is 0 Å². The van der Waals surface area contributed by atoms with E-state index in [1.807, 2.05) is 0 Å². The molecule has 0 saturated heterocycles. The first-order chi connectivity index (χ1) is 7.03. The number of pyridine rings is 1. The first kappa shape index (κ1) is 14.2. The van der Waals surface area contributed by atoms with Gasteiger partial charge in [0.15, 0.2) is 0 Å². The molecule has 0 radical (unpaired) electrons. The van der Waals surface area contributed by atoms with Gasteiger partial charge in [0, 0.05) is 19.8 Å². The second kappa shape index (κ2) is 4.41. The molecule has 1 heterocycles. The molecule has 0 amide bonds. The summed E-state index contributed by atoms with van der Waals surface area (Å²) in [4.78, 5) is 4.82. The lowest BCUT2D eigenvalue weighted by molar-refractivity contribution is 0.526. The fraction of sp³-hybridized carbons (Fsp3) is 0.615. The molecule has 1 rings (SSSR count). The minimum atomic E-state index is 0.0551. The SMILES string of the molecule is CC(C)(C)c1nc(C(C)(C)C)c(Br)cc1Br. The van der Waals surface area contributed by atoms with Crippen LogP contribution in [0.4, 0.5) is 0 Å². The number of hydrogen-bond donors (Lipinski definition) is 0. The van der Waals surface area contributed by atoms with Crippen LogP contribution in [0, 0.1) is 0 Å².